The Labute approximate surface area is 239 Å². The van der Waals surface area contributed by atoms with Crippen molar-refractivity contribution < 1.29 is 19.1 Å². The van der Waals surface area contributed by atoms with E-state index < -0.39 is 17.9 Å². The molecule has 1 aromatic carbocycles. The van der Waals surface area contributed by atoms with Crippen LogP contribution in [-0.4, -0.2) is 90.9 Å². The van der Waals surface area contributed by atoms with Gasteiger partial charge in [0, 0.05) is 55.1 Å². The number of amides is 2. The van der Waals surface area contributed by atoms with Crippen molar-refractivity contribution in [1.82, 2.24) is 14.8 Å². The zero-order valence-electron chi connectivity index (χ0n) is 23.4. The number of anilines is 1. The lowest BCUT2D eigenvalue weighted by Gasteiger charge is -2.32. The topological polar surface area (TPSA) is 109 Å². The Hall–Kier alpha value is -2.82. The van der Waals surface area contributed by atoms with Crippen LogP contribution in [0.5, 0.6) is 0 Å². The highest BCUT2D eigenvalue weighted by Crippen LogP contribution is 2.44. The number of ketones is 1. The lowest BCUT2D eigenvalue weighted by atomic mass is 9.80. The highest BCUT2D eigenvalue weighted by molar-refractivity contribution is 7.14. The molecule has 214 valence electrons. The van der Waals surface area contributed by atoms with Crippen molar-refractivity contribution >= 4 is 34.1 Å². The number of likely N-dealkylation sites (N-methyl/N-ethyl adjacent to an activating group) is 1. The molecule has 0 unspecified atom stereocenters. The van der Waals surface area contributed by atoms with E-state index in [0.717, 1.165) is 74.7 Å². The first-order chi connectivity index (χ1) is 19.4. The van der Waals surface area contributed by atoms with Gasteiger partial charge in [-0.3, -0.25) is 14.4 Å². The van der Waals surface area contributed by atoms with Gasteiger partial charge in [0.15, 0.2) is 10.9 Å². The molecule has 1 aliphatic carbocycles. The van der Waals surface area contributed by atoms with Gasteiger partial charge in [0.2, 0.25) is 11.8 Å². The number of hydrogen-bond donors (Lipinski definition) is 1. The maximum atomic E-state index is 14.5. The van der Waals surface area contributed by atoms with Crippen LogP contribution in [0.25, 0.3) is 11.3 Å². The number of rotatable bonds is 7. The van der Waals surface area contributed by atoms with Crippen molar-refractivity contribution in [2.75, 3.05) is 51.3 Å². The molecule has 4 heterocycles. The van der Waals surface area contributed by atoms with Gasteiger partial charge in [0.25, 0.3) is 0 Å². The molecule has 1 aromatic heterocycles. The fourth-order valence-corrected chi connectivity index (χ4v) is 8.03. The number of Topliss-reactive ketones (excluding diaryl/α,β-unsaturated/α-hetero) is 1. The Morgan fingerprint density at radius 2 is 1.93 bits per heavy atom. The molecule has 4 aliphatic rings. The quantitative estimate of drug-likeness (QED) is 0.549. The minimum Gasteiger partial charge on any atom is -0.367 e. The van der Waals surface area contributed by atoms with Crippen molar-refractivity contribution in [3.63, 3.8) is 0 Å². The number of benzene rings is 1. The van der Waals surface area contributed by atoms with Crippen LogP contribution < -0.4 is 10.6 Å². The lowest BCUT2D eigenvalue weighted by molar-refractivity contribution is -0.138. The molecular weight excluding hydrogens is 526 g/mol. The number of ether oxygens (including phenoxy) is 1. The summed E-state index contributed by atoms with van der Waals surface area (Å²) < 4.78 is 5.85. The normalized spacial score (nSPS) is 26.4. The number of primary amides is 1. The molecule has 0 radical (unpaired) electrons. The molecular formula is C30H39N5O4S. The van der Waals surface area contributed by atoms with Crippen molar-refractivity contribution in [3.8, 4) is 11.3 Å². The van der Waals surface area contributed by atoms with E-state index in [1.165, 1.54) is 0 Å². The van der Waals surface area contributed by atoms with Crippen LogP contribution in [0.2, 0.25) is 0 Å². The minimum atomic E-state index is -0.542. The highest BCUT2D eigenvalue weighted by atomic mass is 32.1. The molecule has 40 heavy (non-hydrogen) atoms. The first kappa shape index (κ1) is 27.4. The summed E-state index contributed by atoms with van der Waals surface area (Å²) in [6, 6.07) is 5.06. The van der Waals surface area contributed by atoms with Crippen LogP contribution in [0, 0.1) is 11.8 Å². The van der Waals surface area contributed by atoms with Gasteiger partial charge in [-0.15, -0.1) is 11.3 Å². The predicted molar refractivity (Wildman–Crippen MR) is 155 cm³/mol. The summed E-state index contributed by atoms with van der Waals surface area (Å²) in [7, 11) is 2.13. The van der Waals surface area contributed by atoms with Gasteiger partial charge in [-0.05, 0) is 49.9 Å². The third-order valence-electron chi connectivity index (χ3n) is 9.45. The van der Waals surface area contributed by atoms with E-state index in [9.17, 15) is 14.4 Å². The molecule has 0 spiro atoms. The van der Waals surface area contributed by atoms with E-state index in [2.05, 4.69) is 29.2 Å². The molecule has 2 aromatic rings. The summed E-state index contributed by atoms with van der Waals surface area (Å²) in [5.74, 6) is -0.955. The van der Waals surface area contributed by atoms with Crippen molar-refractivity contribution in [1.29, 1.82) is 0 Å². The second-order valence-corrected chi connectivity index (χ2v) is 12.7. The highest BCUT2D eigenvalue weighted by Gasteiger charge is 2.53. The fraction of sp³-hybridized carbons (Fsp3) is 0.600. The van der Waals surface area contributed by atoms with Crippen molar-refractivity contribution in [2.45, 2.75) is 57.1 Å². The first-order valence-electron chi connectivity index (χ1n) is 14.6. The Bertz CT molecular complexity index is 1280. The number of thiazole rings is 1. The molecule has 2 amide bonds. The van der Waals surface area contributed by atoms with E-state index in [1.807, 2.05) is 12.1 Å². The molecule has 1 saturated carbocycles. The predicted octanol–water partition coefficient (Wildman–Crippen LogP) is 3.14. The summed E-state index contributed by atoms with van der Waals surface area (Å²) in [4.78, 5) is 51.4. The minimum absolute atomic E-state index is 0.0257. The smallest absolute Gasteiger partial charge is 0.249 e. The standard InChI is InChI=1S/C30H39N5O4S/c1-3-18-15-35(26-24(36)16-39-27(18)26)29(38)25(19-6-4-5-7-19)22-14-20(8-9-21(22)28(31)37)23-17-40-30(32-23)34-12-10-33(2)11-13-34/h8-9,14,17-19,25-27H,3-7,10-13,15-16H2,1-2H3,(H2,31,37)/t18-,25+,26-,27-/m1/s1. The SMILES string of the molecule is CC[C@@H]1CN(C(=O)[C@H](c2cc(-c3csc(N4CCN(C)CC4)n3)ccc2C(N)=O)C2CCCC2)[C@@H]2C(=O)CO[C@H]12. The van der Waals surface area contributed by atoms with Gasteiger partial charge >= 0.3 is 0 Å². The van der Waals surface area contributed by atoms with Crippen LogP contribution >= 0.6 is 11.3 Å². The Morgan fingerprint density at radius 1 is 1.18 bits per heavy atom. The summed E-state index contributed by atoms with van der Waals surface area (Å²) >= 11 is 1.62. The van der Waals surface area contributed by atoms with Crippen molar-refractivity contribution in [2.24, 2.45) is 17.6 Å². The van der Waals surface area contributed by atoms with E-state index in [1.54, 1.807) is 22.3 Å². The third-order valence-corrected chi connectivity index (χ3v) is 10.4. The number of aromatic nitrogens is 1. The number of nitrogens with zero attached hydrogens (tertiary/aromatic N) is 4. The van der Waals surface area contributed by atoms with Gasteiger partial charge < -0.3 is 25.2 Å². The van der Waals surface area contributed by atoms with E-state index in [4.69, 9.17) is 15.5 Å². The number of piperazine rings is 1. The lowest BCUT2D eigenvalue weighted by Crippen LogP contribution is -2.45. The summed E-state index contributed by atoms with van der Waals surface area (Å²) in [5.41, 5.74) is 8.64. The van der Waals surface area contributed by atoms with Crippen molar-refractivity contribution in [3.05, 3.63) is 34.7 Å². The van der Waals surface area contributed by atoms with Crippen LogP contribution in [0.1, 0.15) is 60.9 Å². The largest absolute Gasteiger partial charge is 0.367 e. The second kappa shape index (κ2) is 11.2. The molecule has 3 aliphatic heterocycles. The molecule has 4 atom stereocenters. The fourth-order valence-electron chi connectivity index (χ4n) is 7.14. The maximum Gasteiger partial charge on any atom is 0.249 e. The molecule has 6 rings (SSSR count). The van der Waals surface area contributed by atoms with Gasteiger partial charge in [0.1, 0.15) is 12.6 Å². The number of hydrogen-bond acceptors (Lipinski definition) is 8. The molecule has 2 N–H and O–H groups in total. The number of nitrogens with two attached hydrogens (primary N) is 1. The maximum absolute atomic E-state index is 14.5. The van der Waals surface area contributed by atoms with Crippen LogP contribution in [0.3, 0.4) is 0 Å². The van der Waals surface area contributed by atoms with Gasteiger partial charge in [-0.25, -0.2) is 4.98 Å². The average molecular weight is 566 g/mol. The molecule has 10 heteroatoms. The van der Waals surface area contributed by atoms with E-state index >= 15 is 0 Å². The molecule has 9 nitrogen and oxygen atoms in total. The number of fused-ring (bicyclic) bond motifs is 1. The average Bonchev–Trinajstić information content (AvgIpc) is 3.76. The monoisotopic (exact) mass is 565 g/mol. The van der Waals surface area contributed by atoms with Gasteiger partial charge in [-0.2, -0.15) is 0 Å². The zero-order valence-corrected chi connectivity index (χ0v) is 24.2. The van der Waals surface area contributed by atoms with Gasteiger partial charge in [0.05, 0.1) is 17.7 Å². The van der Waals surface area contributed by atoms with E-state index in [0.29, 0.717) is 17.7 Å². The summed E-state index contributed by atoms with van der Waals surface area (Å²) in [6.07, 6.45) is 4.52. The number of carbonyl (C=O) groups is 3. The van der Waals surface area contributed by atoms with Crippen LogP contribution in [0.4, 0.5) is 5.13 Å². The number of carbonyl (C=O) groups excluding carboxylic acids is 3. The van der Waals surface area contributed by atoms with Gasteiger partial charge in [-0.1, -0.05) is 25.8 Å². The second-order valence-electron chi connectivity index (χ2n) is 11.8. The Kier molecular flexibility index (Phi) is 7.67. The Balaban J connectivity index is 1.37. The van der Waals surface area contributed by atoms with Crippen LogP contribution in [0.15, 0.2) is 23.6 Å². The van der Waals surface area contributed by atoms with E-state index in [-0.39, 0.29) is 36.2 Å². The molecule has 0 bridgehead atoms. The molecule has 4 fully saturated rings. The molecule has 3 saturated heterocycles. The third kappa shape index (κ3) is 4.94. The van der Waals surface area contributed by atoms with Crippen LogP contribution in [-0.2, 0) is 14.3 Å². The first-order valence-corrected chi connectivity index (χ1v) is 15.5. The Morgan fingerprint density at radius 3 is 2.62 bits per heavy atom. The zero-order chi connectivity index (χ0) is 28.0. The summed E-state index contributed by atoms with van der Waals surface area (Å²) in [6.45, 7) is 6.52. The number of likely N-dealkylation sites (tertiary alicyclic amines) is 1. The summed E-state index contributed by atoms with van der Waals surface area (Å²) in [5, 5.41) is 3.04.